The Morgan fingerprint density at radius 3 is 2.56 bits per heavy atom. The highest BCUT2D eigenvalue weighted by atomic mass is 35.5. The van der Waals surface area contributed by atoms with Gasteiger partial charge in [-0.1, -0.05) is 42.5 Å². The number of hydrogen-bond donors (Lipinski definition) is 3. The smallest absolute Gasteiger partial charge is 0.320 e. The zero-order valence-electron chi connectivity index (χ0n) is 19.6. The summed E-state index contributed by atoms with van der Waals surface area (Å²) in [5, 5.41) is 29.6. The van der Waals surface area contributed by atoms with Crippen LogP contribution >= 0.6 is 12.4 Å². The number of H-pyrrole nitrogens is 1. The normalized spacial score (nSPS) is 23.4. The maximum absolute atomic E-state index is 11.5. The fourth-order valence-corrected chi connectivity index (χ4v) is 5.62. The Bertz CT molecular complexity index is 1360. The lowest BCUT2D eigenvalue weighted by atomic mass is 9.72. The van der Waals surface area contributed by atoms with Crippen molar-refractivity contribution < 1.29 is 14.6 Å². The van der Waals surface area contributed by atoms with Gasteiger partial charge in [-0.2, -0.15) is 5.21 Å². The first-order valence-corrected chi connectivity index (χ1v) is 12.1. The average Bonchev–Trinajstić information content (AvgIpc) is 3.43. The van der Waals surface area contributed by atoms with Gasteiger partial charge in [-0.05, 0) is 89.4 Å². The van der Waals surface area contributed by atoms with Gasteiger partial charge < -0.3 is 15.2 Å². The van der Waals surface area contributed by atoms with E-state index < -0.39 is 12.0 Å². The minimum atomic E-state index is -0.769. The molecule has 4 aromatic rings. The molecular weight excluding hydrogens is 478 g/mol. The van der Waals surface area contributed by atoms with Gasteiger partial charge in [-0.15, -0.1) is 22.6 Å². The Labute approximate surface area is 214 Å². The molecule has 4 atom stereocenters. The molecule has 0 spiro atoms. The van der Waals surface area contributed by atoms with E-state index in [4.69, 9.17) is 4.74 Å². The summed E-state index contributed by atoms with van der Waals surface area (Å²) in [4.78, 5) is 11.5. The number of aliphatic carboxylic acids is 1. The largest absolute Gasteiger partial charge is 0.490 e. The lowest BCUT2D eigenvalue weighted by Gasteiger charge is -2.41. The second-order valence-electron chi connectivity index (χ2n) is 9.62. The molecule has 8 nitrogen and oxygen atoms in total. The van der Waals surface area contributed by atoms with E-state index in [1.54, 1.807) is 0 Å². The predicted octanol–water partition coefficient (Wildman–Crippen LogP) is 4.72. The van der Waals surface area contributed by atoms with Crippen molar-refractivity contribution in [2.24, 2.45) is 11.8 Å². The van der Waals surface area contributed by atoms with Crippen LogP contribution in [0.1, 0.15) is 25.7 Å². The number of tetrazole rings is 1. The van der Waals surface area contributed by atoms with Crippen molar-refractivity contribution in [3.8, 4) is 28.3 Å². The number of carboxylic acids is 1. The van der Waals surface area contributed by atoms with Gasteiger partial charge in [0.25, 0.3) is 0 Å². The fraction of sp³-hybridized carbons (Fsp3) is 0.333. The maximum atomic E-state index is 11.5. The van der Waals surface area contributed by atoms with Gasteiger partial charge in [0, 0.05) is 0 Å². The van der Waals surface area contributed by atoms with Crippen LogP contribution in [0, 0.1) is 11.8 Å². The highest BCUT2D eigenvalue weighted by molar-refractivity contribution is 5.88. The van der Waals surface area contributed by atoms with E-state index in [0.29, 0.717) is 24.1 Å². The number of benzene rings is 3. The number of fused-ring (bicyclic) bond motifs is 2. The number of piperidine rings is 1. The molecule has 0 radical (unpaired) electrons. The zero-order chi connectivity index (χ0) is 23.8. The maximum Gasteiger partial charge on any atom is 0.320 e. The topological polar surface area (TPSA) is 113 Å². The van der Waals surface area contributed by atoms with Crippen LogP contribution in [0.4, 0.5) is 0 Å². The number of aromatic amines is 1. The van der Waals surface area contributed by atoms with Crippen molar-refractivity contribution in [3.63, 3.8) is 0 Å². The summed E-state index contributed by atoms with van der Waals surface area (Å²) in [6.07, 6.45) is 3.47. The van der Waals surface area contributed by atoms with Crippen LogP contribution in [0.3, 0.4) is 0 Å². The molecule has 1 aliphatic heterocycles. The molecule has 0 bridgehead atoms. The highest BCUT2D eigenvalue weighted by Gasteiger charge is 2.38. The molecule has 2 heterocycles. The lowest BCUT2D eigenvalue weighted by Crippen LogP contribution is -2.50. The molecule has 36 heavy (non-hydrogen) atoms. The van der Waals surface area contributed by atoms with Crippen LogP contribution in [0.2, 0.25) is 0 Å². The van der Waals surface area contributed by atoms with E-state index in [-0.39, 0.29) is 18.5 Å². The summed E-state index contributed by atoms with van der Waals surface area (Å²) in [7, 11) is 0. The van der Waals surface area contributed by atoms with Crippen LogP contribution in [0.5, 0.6) is 5.75 Å². The molecule has 0 unspecified atom stereocenters. The monoisotopic (exact) mass is 505 g/mol. The Hall–Kier alpha value is -3.49. The lowest BCUT2D eigenvalue weighted by molar-refractivity contribution is -0.141. The molecule has 3 aromatic carbocycles. The van der Waals surface area contributed by atoms with Crippen LogP contribution in [0.25, 0.3) is 33.3 Å². The van der Waals surface area contributed by atoms with Crippen LogP contribution in [0.15, 0.2) is 60.7 Å². The number of halogens is 1. The number of aromatic nitrogens is 4. The van der Waals surface area contributed by atoms with E-state index in [0.717, 1.165) is 48.2 Å². The molecule has 186 valence electrons. The zero-order valence-corrected chi connectivity index (χ0v) is 20.4. The van der Waals surface area contributed by atoms with Gasteiger partial charge in [-0.25, -0.2) is 0 Å². The number of rotatable bonds is 5. The van der Waals surface area contributed by atoms with Crippen molar-refractivity contribution in [2.45, 2.75) is 37.8 Å². The Balaban J connectivity index is 0.00000267. The number of carboxylic acid groups (broad SMARTS) is 1. The summed E-state index contributed by atoms with van der Waals surface area (Å²) in [6.45, 7) is 0.764. The van der Waals surface area contributed by atoms with E-state index in [9.17, 15) is 9.90 Å². The Morgan fingerprint density at radius 2 is 1.75 bits per heavy atom. The van der Waals surface area contributed by atoms with Crippen molar-refractivity contribution in [1.29, 1.82) is 0 Å². The predicted molar refractivity (Wildman–Crippen MR) is 139 cm³/mol. The summed E-state index contributed by atoms with van der Waals surface area (Å²) in [5.41, 5.74) is 2.96. The van der Waals surface area contributed by atoms with Crippen molar-refractivity contribution in [1.82, 2.24) is 25.9 Å². The SMILES string of the molecule is Cl.O=C(O)[C@@H]1C[C@@H]2C[C@@H](Oc3cc(-c4ccc5ccccc5c4)ccc3-c3nn[nH]n3)CC[C@H]2CN1. The van der Waals surface area contributed by atoms with E-state index in [2.05, 4.69) is 68.4 Å². The van der Waals surface area contributed by atoms with Gasteiger partial charge in [0.1, 0.15) is 11.8 Å². The molecule has 2 aliphatic rings. The molecule has 1 saturated carbocycles. The van der Waals surface area contributed by atoms with Crippen molar-refractivity contribution in [2.75, 3.05) is 6.54 Å². The number of nitrogens with one attached hydrogen (secondary N) is 2. The molecule has 1 saturated heterocycles. The van der Waals surface area contributed by atoms with Crippen molar-refractivity contribution in [3.05, 3.63) is 60.7 Å². The summed E-state index contributed by atoms with van der Waals surface area (Å²) < 4.78 is 6.62. The molecule has 2 fully saturated rings. The highest BCUT2D eigenvalue weighted by Crippen LogP contribution is 2.40. The number of ether oxygens (including phenoxy) is 1. The minimum absolute atomic E-state index is 0. The third kappa shape index (κ3) is 4.79. The second kappa shape index (κ2) is 10.2. The molecule has 3 N–H and O–H groups in total. The standard InChI is InChI=1S/C27H27N5O3.ClH/c33-27(34)24-13-21-12-22(9-7-20(21)15-28-24)35-25-14-19(8-10-23(25)26-29-31-32-30-26)18-6-5-16-3-1-2-4-17(16)11-18;/h1-6,8,10-11,14,20-22,24,28H,7,9,12-13,15H2,(H,33,34)(H,29,30,31,32);1H/t20-,21-,22-,24-;/m0./s1. The van der Waals surface area contributed by atoms with Crippen LogP contribution in [-0.2, 0) is 4.79 Å². The quantitative estimate of drug-likeness (QED) is 0.359. The number of hydrogen-bond acceptors (Lipinski definition) is 6. The molecular formula is C27H28ClN5O3. The summed E-state index contributed by atoms with van der Waals surface area (Å²) in [6, 6.07) is 20.4. The van der Waals surface area contributed by atoms with Gasteiger partial charge in [0.05, 0.1) is 11.7 Å². The van der Waals surface area contributed by atoms with Crippen LogP contribution < -0.4 is 10.1 Å². The van der Waals surface area contributed by atoms with Crippen LogP contribution in [-0.4, -0.2) is 50.4 Å². The van der Waals surface area contributed by atoms with Gasteiger partial charge in [-0.3, -0.25) is 4.79 Å². The minimum Gasteiger partial charge on any atom is -0.490 e. The van der Waals surface area contributed by atoms with Gasteiger partial charge in [0.15, 0.2) is 0 Å². The van der Waals surface area contributed by atoms with E-state index in [1.165, 1.54) is 10.8 Å². The first kappa shape index (κ1) is 24.2. The molecule has 0 amide bonds. The van der Waals surface area contributed by atoms with E-state index in [1.807, 2.05) is 18.2 Å². The Kier molecular flexibility index (Phi) is 6.89. The van der Waals surface area contributed by atoms with E-state index >= 15 is 0 Å². The fourth-order valence-electron chi connectivity index (χ4n) is 5.62. The Morgan fingerprint density at radius 1 is 0.944 bits per heavy atom. The first-order valence-electron chi connectivity index (χ1n) is 12.1. The first-order chi connectivity index (χ1) is 17.1. The summed E-state index contributed by atoms with van der Waals surface area (Å²) >= 11 is 0. The van der Waals surface area contributed by atoms with Crippen molar-refractivity contribution >= 4 is 29.1 Å². The third-order valence-corrected chi connectivity index (χ3v) is 7.50. The molecule has 6 rings (SSSR count). The summed E-state index contributed by atoms with van der Waals surface area (Å²) in [5.74, 6) is 1.30. The number of nitrogens with zero attached hydrogens (tertiary/aromatic N) is 3. The molecule has 1 aromatic heterocycles. The third-order valence-electron chi connectivity index (χ3n) is 7.50. The second-order valence-corrected chi connectivity index (χ2v) is 9.62. The number of carbonyl (C=O) groups is 1. The molecule has 9 heteroatoms. The molecule has 1 aliphatic carbocycles. The average molecular weight is 506 g/mol. The van der Waals surface area contributed by atoms with Gasteiger partial charge >= 0.3 is 5.97 Å². The van der Waals surface area contributed by atoms with Gasteiger partial charge in [0.2, 0.25) is 5.82 Å².